The number of aldehydes is 1. The number of carbonyl (C=O) groups is 1. The Morgan fingerprint density at radius 2 is 1.95 bits per heavy atom. The minimum atomic E-state index is -0.925. The highest BCUT2D eigenvalue weighted by Gasteiger charge is 2.32. The summed E-state index contributed by atoms with van der Waals surface area (Å²) in [5.41, 5.74) is 0.872. The van der Waals surface area contributed by atoms with Crippen LogP contribution in [0.25, 0.3) is 0 Å². The fourth-order valence-corrected chi connectivity index (χ4v) is 1.99. The second-order valence-corrected chi connectivity index (χ2v) is 3.88. The summed E-state index contributed by atoms with van der Waals surface area (Å²) in [4.78, 5) is 21.5. The van der Waals surface area contributed by atoms with Crippen LogP contribution in [0.4, 0.5) is 5.69 Å². The van der Waals surface area contributed by atoms with Crippen LogP contribution in [0.5, 0.6) is 11.5 Å². The molecule has 0 fully saturated rings. The zero-order valence-corrected chi connectivity index (χ0v) is 10.4. The van der Waals surface area contributed by atoms with Gasteiger partial charge in [0, 0.05) is 17.3 Å². The average molecular weight is 264 g/mol. The van der Waals surface area contributed by atoms with Crippen molar-refractivity contribution in [3.8, 4) is 11.5 Å². The fraction of sp³-hybridized carbons (Fsp3) is 0.250. The van der Waals surface area contributed by atoms with Gasteiger partial charge in [-0.05, 0) is 6.07 Å². The number of hydrogen-bond acceptors (Lipinski definition) is 6. The van der Waals surface area contributed by atoms with Crippen LogP contribution >= 0.6 is 0 Å². The lowest BCUT2D eigenvalue weighted by molar-refractivity contribution is -0.428. The van der Waals surface area contributed by atoms with Gasteiger partial charge in [0.1, 0.15) is 12.2 Å². The number of allylic oxidation sites excluding steroid dienone is 1. The number of anilines is 1. The summed E-state index contributed by atoms with van der Waals surface area (Å²) in [5, 5.41) is 13.7. The van der Waals surface area contributed by atoms with E-state index >= 15 is 0 Å². The van der Waals surface area contributed by atoms with Crippen molar-refractivity contribution in [2.45, 2.75) is 5.92 Å². The smallest absolute Gasteiger partial charge is 0.276 e. The van der Waals surface area contributed by atoms with Crippen LogP contribution in [0.2, 0.25) is 0 Å². The Labute approximate surface area is 109 Å². The van der Waals surface area contributed by atoms with Gasteiger partial charge < -0.3 is 19.6 Å². The summed E-state index contributed by atoms with van der Waals surface area (Å²) in [5.74, 6) is -0.0260. The lowest BCUT2D eigenvalue weighted by atomic mass is 9.93. The molecule has 1 atom stereocenters. The number of benzene rings is 1. The molecule has 0 saturated carbocycles. The van der Waals surface area contributed by atoms with Gasteiger partial charge in [0.2, 0.25) is 0 Å². The number of fused-ring (bicyclic) bond motifs is 1. The summed E-state index contributed by atoms with van der Waals surface area (Å²) >= 11 is 0. The van der Waals surface area contributed by atoms with Gasteiger partial charge in [0.05, 0.1) is 25.3 Å². The number of rotatable bonds is 4. The maximum absolute atomic E-state index is 11.1. The van der Waals surface area contributed by atoms with Crippen LogP contribution in [0.1, 0.15) is 11.5 Å². The molecule has 7 nitrogen and oxygen atoms in total. The molecule has 1 aliphatic heterocycles. The molecule has 1 heterocycles. The summed E-state index contributed by atoms with van der Waals surface area (Å²) in [6, 6.07) is 3.20. The highest BCUT2D eigenvalue weighted by molar-refractivity contribution is 5.77. The molecule has 0 spiro atoms. The summed E-state index contributed by atoms with van der Waals surface area (Å²) in [6.45, 7) is 0. The Morgan fingerprint density at radius 1 is 1.32 bits per heavy atom. The van der Waals surface area contributed by atoms with Crippen LogP contribution in [-0.4, -0.2) is 25.4 Å². The van der Waals surface area contributed by atoms with Crippen molar-refractivity contribution >= 4 is 12.0 Å². The van der Waals surface area contributed by atoms with E-state index < -0.39 is 10.8 Å². The third-order valence-electron chi connectivity index (χ3n) is 2.93. The van der Waals surface area contributed by atoms with E-state index in [9.17, 15) is 14.9 Å². The minimum Gasteiger partial charge on any atom is -0.493 e. The Morgan fingerprint density at radius 3 is 2.47 bits per heavy atom. The molecular weight excluding hydrogens is 252 g/mol. The van der Waals surface area contributed by atoms with Gasteiger partial charge in [-0.25, -0.2) is 0 Å². The number of nitro groups is 1. The van der Waals surface area contributed by atoms with Crippen molar-refractivity contribution in [3.63, 3.8) is 0 Å². The van der Waals surface area contributed by atoms with Crippen LogP contribution in [-0.2, 0) is 4.79 Å². The van der Waals surface area contributed by atoms with Crippen LogP contribution in [0.3, 0.4) is 0 Å². The van der Waals surface area contributed by atoms with E-state index in [-0.39, 0.29) is 5.70 Å². The molecule has 1 N–H and O–H groups in total. The summed E-state index contributed by atoms with van der Waals surface area (Å²) in [7, 11) is 2.95. The molecule has 0 amide bonds. The fourth-order valence-electron chi connectivity index (χ4n) is 1.99. The standard InChI is InChI=1S/C12H12N2O5/c1-18-11-3-7-8(6-15)10(14(16)17)5-13-9(7)4-12(11)19-2/h3-6,8,13H,1-2H3. The van der Waals surface area contributed by atoms with Gasteiger partial charge in [0.15, 0.2) is 11.5 Å². The third-order valence-corrected chi connectivity index (χ3v) is 2.93. The molecule has 0 saturated heterocycles. The molecule has 1 aromatic carbocycles. The van der Waals surface area contributed by atoms with Crippen molar-refractivity contribution in [1.29, 1.82) is 0 Å². The minimum absolute atomic E-state index is 0.199. The van der Waals surface area contributed by atoms with Gasteiger partial charge in [-0.3, -0.25) is 10.1 Å². The lowest BCUT2D eigenvalue weighted by Crippen LogP contribution is -2.19. The second-order valence-electron chi connectivity index (χ2n) is 3.88. The first-order valence-electron chi connectivity index (χ1n) is 5.44. The van der Waals surface area contributed by atoms with E-state index in [1.807, 2.05) is 0 Å². The molecule has 1 aliphatic rings. The van der Waals surface area contributed by atoms with E-state index in [1.165, 1.54) is 20.4 Å². The number of nitrogens with one attached hydrogen (secondary N) is 1. The molecule has 1 aromatic rings. The summed E-state index contributed by atoms with van der Waals surface area (Å²) in [6.07, 6.45) is 1.76. The highest BCUT2D eigenvalue weighted by Crippen LogP contribution is 2.40. The van der Waals surface area contributed by atoms with Crippen molar-refractivity contribution in [2.75, 3.05) is 19.5 Å². The van der Waals surface area contributed by atoms with Gasteiger partial charge in [-0.1, -0.05) is 0 Å². The van der Waals surface area contributed by atoms with E-state index in [1.54, 1.807) is 12.1 Å². The normalized spacial score (nSPS) is 16.7. The van der Waals surface area contributed by atoms with Gasteiger partial charge in [0.25, 0.3) is 5.70 Å². The van der Waals surface area contributed by atoms with Gasteiger partial charge in [-0.2, -0.15) is 0 Å². The van der Waals surface area contributed by atoms with E-state index in [2.05, 4.69) is 5.32 Å². The van der Waals surface area contributed by atoms with Crippen molar-refractivity contribution < 1.29 is 19.2 Å². The van der Waals surface area contributed by atoms with E-state index in [4.69, 9.17) is 9.47 Å². The third kappa shape index (κ3) is 2.10. The van der Waals surface area contributed by atoms with Crippen LogP contribution < -0.4 is 14.8 Å². The zero-order valence-electron chi connectivity index (χ0n) is 10.4. The van der Waals surface area contributed by atoms with Crippen molar-refractivity contribution in [1.82, 2.24) is 0 Å². The Bertz CT molecular complexity index is 567. The first kappa shape index (κ1) is 12.9. The molecule has 0 bridgehead atoms. The highest BCUT2D eigenvalue weighted by atomic mass is 16.6. The van der Waals surface area contributed by atoms with Crippen molar-refractivity contribution in [3.05, 3.63) is 39.7 Å². The first-order chi connectivity index (χ1) is 9.12. The number of methoxy groups -OCH3 is 2. The number of hydrogen-bond donors (Lipinski definition) is 1. The molecule has 0 aliphatic carbocycles. The molecule has 19 heavy (non-hydrogen) atoms. The maximum Gasteiger partial charge on any atom is 0.276 e. The number of carbonyl (C=O) groups excluding carboxylic acids is 1. The molecule has 1 unspecified atom stereocenters. The molecule has 0 aromatic heterocycles. The molecule has 0 radical (unpaired) electrons. The number of nitrogens with zero attached hydrogens (tertiary/aromatic N) is 1. The Kier molecular flexibility index (Phi) is 3.37. The van der Waals surface area contributed by atoms with E-state index in [0.717, 1.165) is 0 Å². The SMILES string of the molecule is COc1cc2c(cc1OC)C(C=O)C([N+](=O)[O-])=CN2. The van der Waals surface area contributed by atoms with Crippen LogP contribution in [0.15, 0.2) is 24.0 Å². The van der Waals surface area contributed by atoms with Crippen molar-refractivity contribution in [2.24, 2.45) is 0 Å². The monoisotopic (exact) mass is 264 g/mol. The average Bonchev–Trinajstić information content (AvgIpc) is 2.43. The van der Waals surface area contributed by atoms with Gasteiger partial charge in [-0.15, -0.1) is 0 Å². The predicted octanol–water partition coefficient (Wildman–Crippen LogP) is 1.53. The summed E-state index contributed by atoms with van der Waals surface area (Å²) < 4.78 is 10.3. The van der Waals surface area contributed by atoms with E-state index in [0.29, 0.717) is 29.0 Å². The van der Waals surface area contributed by atoms with Gasteiger partial charge >= 0.3 is 0 Å². The first-order valence-corrected chi connectivity index (χ1v) is 5.44. The maximum atomic E-state index is 11.1. The number of ether oxygens (including phenoxy) is 2. The second kappa shape index (κ2) is 4.97. The lowest BCUT2D eigenvalue weighted by Gasteiger charge is -2.20. The Balaban J connectivity index is 2.56. The Hall–Kier alpha value is -2.57. The largest absolute Gasteiger partial charge is 0.493 e. The topological polar surface area (TPSA) is 90.7 Å². The molecule has 100 valence electrons. The van der Waals surface area contributed by atoms with Crippen LogP contribution in [0, 0.1) is 10.1 Å². The quantitative estimate of drug-likeness (QED) is 0.504. The predicted molar refractivity (Wildman–Crippen MR) is 67.1 cm³/mol. The zero-order chi connectivity index (χ0) is 14.0. The molecular formula is C12H12N2O5. The molecule has 7 heteroatoms. The molecule has 2 rings (SSSR count).